The van der Waals surface area contributed by atoms with Crippen molar-refractivity contribution in [1.82, 2.24) is 10.2 Å². The van der Waals surface area contributed by atoms with Gasteiger partial charge in [0.25, 0.3) is 0 Å². The van der Waals surface area contributed by atoms with Crippen LogP contribution in [0.15, 0.2) is 30.3 Å². The highest BCUT2D eigenvalue weighted by Gasteiger charge is 2.28. The summed E-state index contributed by atoms with van der Waals surface area (Å²) in [5, 5.41) is 3.38. The molecule has 17 heavy (non-hydrogen) atoms. The first-order chi connectivity index (χ1) is 8.35. The van der Waals surface area contributed by atoms with E-state index in [1.165, 1.54) is 31.5 Å². The summed E-state index contributed by atoms with van der Waals surface area (Å²) in [6, 6.07) is 12.3. The van der Waals surface area contributed by atoms with Gasteiger partial charge in [-0.1, -0.05) is 44.2 Å². The molecule has 0 aliphatic carbocycles. The highest BCUT2D eigenvalue weighted by Crippen LogP contribution is 2.16. The van der Waals surface area contributed by atoms with E-state index in [0.29, 0.717) is 6.04 Å². The molecule has 1 aromatic carbocycles. The van der Waals surface area contributed by atoms with Gasteiger partial charge in [-0.05, 0) is 24.9 Å². The summed E-state index contributed by atoms with van der Waals surface area (Å²) in [6.45, 7) is 8.09. The summed E-state index contributed by atoms with van der Waals surface area (Å²) >= 11 is 0. The first-order valence-corrected chi connectivity index (χ1v) is 6.85. The molecule has 1 aromatic rings. The Hall–Kier alpha value is -0.860. The highest BCUT2D eigenvalue weighted by atomic mass is 15.2. The van der Waals surface area contributed by atoms with Crippen molar-refractivity contribution in [1.29, 1.82) is 0 Å². The molecule has 2 nitrogen and oxygen atoms in total. The topological polar surface area (TPSA) is 15.3 Å². The van der Waals surface area contributed by atoms with Crippen LogP contribution in [0.25, 0.3) is 0 Å². The molecule has 1 aliphatic heterocycles. The summed E-state index contributed by atoms with van der Waals surface area (Å²) in [5.41, 5.74) is 1.46. The van der Waals surface area contributed by atoms with E-state index in [1.807, 2.05) is 0 Å². The Kier molecular flexibility index (Phi) is 4.57. The number of benzene rings is 1. The normalized spacial score (nSPS) is 18.1. The Bertz CT molecular complexity index is 319. The van der Waals surface area contributed by atoms with Gasteiger partial charge < -0.3 is 5.32 Å². The summed E-state index contributed by atoms with van der Waals surface area (Å²) in [5.74, 6) is 0. The molecule has 0 saturated carbocycles. The van der Waals surface area contributed by atoms with Crippen LogP contribution in [0.2, 0.25) is 0 Å². The molecule has 1 aliphatic rings. The van der Waals surface area contributed by atoms with Crippen LogP contribution in [-0.2, 0) is 6.42 Å². The maximum Gasteiger partial charge on any atom is 0.0348 e. The number of hydrogen-bond acceptors (Lipinski definition) is 2. The van der Waals surface area contributed by atoms with Crippen LogP contribution in [0.4, 0.5) is 0 Å². The first kappa shape index (κ1) is 12.6. The maximum atomic E-state index is 3.38. The molecule has 94 valence electrons. The molecule has 0 amide bonds. The zero-order valence-corrected chi connectivity index (χ0v) is 11.0. The quantitative estimate of drug-likeness (QED) is 0.809. The van der Waals surface area contributed by atoms with E-state index >= 15 is 0 Å². The van der Waals surface area contributed by atoms with Crippen molar-refractivity contribution in [2.75, 3.05) is 19.6 Å². The fourth-order valence-electron chi connectivity index (χ4n) is 2.70. The zero-order chi connectivity index (χ0) is 12.1. The van der Waals surface area contributed by atoms with Gasteiger partial charge in [-0.15, -0.1) is 0 Å². The van der Waals surface area contributed by atoms with Gasteiger partial charge in [0.05, 0.1) is 0 Å². The van der Waals surface area contributed by atoms with Crippen LogP contribution in [0.1, 0.15) is 25.8 Å². The average Bonchev–Trinajstić information content (AvgIpc) is 2.32. The predicted octanol–water partition coefficient (Wildman–Crippen LogP) is 2.30. The minimum atomic E-state index is 0.689. The molecule has 1 atom stereocenters. The fourth-order valence-corrected chi connectivity index (χ4v) is 2.70. The monoisotopic (exact) mass is 232 g/mol. The molecule has 0 spiro atoms. The minimum Gasteiger partial charge on any atom is -0.314 e. The minimum absolute atomic E-state index is 0.689. The van der Waals surface area contributed by atoms with E-state index in [1.54, 1.807) is 0 Å². The number of nitrogens with one attached hydrogen (secondary N) is 1. The maximum absolute atomic E-state index is 3.38. The Morgan fingerprint density at radius 2 is 1.94 bits per heavy atom. The van der Waals surface area contributed by atoms with Gasteiger partial charge in [0.2, 0.25) is 0 Å². The molecule has 0 radical (unpaired) electrons. The van der Waals surface area contributed by atoms with Gasteiger partial charge in [0.1, 0.15) is 0 Å². The largest absolute Gasteiger partial charge is 0.314 e. The molecule has 1 saturated heterocycles. The van der Waals surface area contributed by atoms with Gasteiger partial charge in [0.15, 0.2) is 0 Å². The molecular formula is C15H24N2. The van der Waals surface area contributed by atoms with E-state index in [4.69, 9.17) is 0 Å². The summed E-state index contributed by atoms with van der Waals surface area (Å²) < 4.78 is 0. The SMILES string of the molecule is CCC(Cc1ccccc1)N(CC)C1CNC1. The second-order valence-corrected chi connectivity index (χ2v) is 4.89. The molecule has 1 N–H and O–H groups in total. The number of nitrogens with zero attached hydrogens (tertiary/aromatic N) is 1. The average molecular weight is 232 g/mol. The van der Waals surface area contributed by atoms with Crippen molar-refractivity contribution in [3.63, 3.8) is 0 Å². The van der Waals surface area contributed by atoms with Crippen LogP contribution in [0.3, 0.4) is 0 Å². The van der Waals surface area contributed by atoms with E-state index in [-0.39, 0.29) is 0 Å². The molecule has 1 unspecified atom stereocenters. The van der Waals surface area contributed by atoms with Crippen molar-refractivity contribution < 1.29 is 0 Å². The van der Waals surface area contributed by atoms with Crippen LogP contribution in [0, 0.1) is 0 Å². The number of rotatable bonds is 6. The molecule has 1 fully saturated rings. The standard InChI is InChI=1S/C15H24N2/c1-3-14(10-13-8-6-5-7-9-13)17(4-2)15-11-16-12-15/h5-9,14-16H,3-4,10-12H2,1-2H3. The fraction of sp³-hybridized carbons (Fsp3) is 0.600. The molecular weight excluding hydrogens is 208 g/mol. The Balaban J connectivity index is 1.99. The van der Waals surface area contributed by atoms with Crippen molar-refractivity contribution in [2.45, 2.75) is 38.8 Å². The van der Waals surface area contributed by atoms with E-state index in [2.05, 4.69) is 54.4 Å². The summed E-state index contributed by atoms with van der Waals surface area (Å²) in [4.78, 5) is 2.67. The second kappa shape index (κ2) is 6.18. The van der Waals surface area contributed by atoms with Gasteiger partial charge in [-0.3, -0.25) is 4.90 Å². The van der Waals surface area contributed by atoms with Crippen molar-refractivity contribution >= 4 is 0 Å². The van der Waals surface area contributed by atoms with Crippen molar-refractivity contribution in [3.8, 4) is 0 Å². The number of hydrogen-bond donors (Lipinski definition) is 1. The number of likely N-dealkylation sites (N-methyl/N-ethyl adjacent to an activating group) is 1. The lowest BCUT2D eigenvalue weighted by atomic mass is 9.99. The third-order valence-corrected chi connectivity index (χ3v) is 3.85. The third kappa shape index (κ3) is 3.08. The van der Waals surface area contributed by atoms with E-state index < -0.39 is 0 Å². The summed E-state index contributed by atoms with van der Waals surface area (Å²) in [6.07, 6.45) is 2.42. The van der Waals surface area contributed by atoms with Crippen molar-refractivity contribution in [3.05, 3.63) is 35.9 Å². The Labute approximate surface area is 105 Å². The van der Waals surface area contributed by atoms with E-state index in [9.17, 15) is 0 Å². The molecule has 1 heterocycles. The van der Waals surface area contributed by atoms with Crippen LogP contribution >= 0.6 is 0 Å². The molecule has 2 rings (SSSR count). The highest BCUT2D eigenvalue weighted by molar-refractivity contribution is 5.16. The predicted molar refractivity (Wildman–Crippen MR) is 73.3 cm³/mol. The van der Waals surface area contributed by atoms with Gasteiger partial charge in [-0.25, -0.2) is 0 Å². The first-order valence-electron chi connectivity index (χ1n) is 6.85. The van der Waals surface area contributed by atoms with Gasteiger partial charge >= 0.3 is 0 Å². The second-order valence-electron chi connectivity index (χ2n) is 4.89. The zero-order valence-electron chi connectivity index (χ0n) is 11.0. The smallest absolute Gasteiger partial charge is 0.0348 e. The van der Waals surface area contributed by atoms with Crippen LogP contribution < -0.4 is 5.32 Å². The lowest BCUT2D eigenvalue weighted by molar-refractivity contribution is 0.0980. The molecule has 2 heteroatoms. The Morgan fingerprint density at radius 3 is 2.41 bits per heavy atom. The van der Waals surface area contributed by atoms with Crippen LogP contribution in [-0.4, -0.2) is 36.6 Å². The van der Waals surface area contributed by atoms with Gasteiger partial charge in [-0.2, -0.15) is 0 Å². The van der Waals surface area contributed by atoms with Gasteiger partial charge in [0, 0.05) is 25.2 Å². The lowest BCUT2D eigenvalue weighted by Crippen LogP contribution is -2.60. The third-order valence-electron chi connectivity index (χ3n) is 3.85. The Morgan fingerprint density at radius 1 is 1.24 bits per heavy atom. The van der Waals surface area contributed by atoms with E-state index in [0.717, 1.165) is 12.6 Å². The van der Waals surface area contributed by atoms with Crippen molar-refractivity contribution in [2.24, 2.45) is 0 Å². The lowest BCUT2D eigenvalue weighted by Gasteiger charge is -2.42. The molecule has 0 bridgehead atoms. The van der Waals surface area contributed by atoms with Crippen LogP contribution in [0.5, 0.6) is 0 Å². The molecule has 0 aromatic heterocycles. The summed E-state index contributed by atoms with van der Waals surface area (Å²) in [7, 11) is 0.